The Morgan fingerprint density at radius 3 is 2.28 bits per heavy atom. The first-order valence-electron chi connectivity index (χ1n) is 8.08. The highest BCUT2D eigenvalue weighted by Gasteiger charge is 2.32. The van der Waals surface area contributed by atoms with Gasteiger partial charge in [-0.3, -0.25) is 4.79 Å². The van der Waals surface area contributed by atoms with E-state index in [1.54, 1.807) is 6.92 Å². The van der Waals surface area contributed by atoms with Gasteiger partial charge in [-0.05, 0) is 18.1 Å². The molecule has 5 heteroatoms. The third kappa shape index (κ3) is 4.67. The van der Waals surface area contributed by atoms with Crippen LogP contribution >= 0.6 is 0 Å². The molecule has 0 heterocycles. The van der Waals surface area contributed by atoms with Gasteiger partial charge in [0, 0.05) is 12.3 Å². The minimum Gasteiger partial charge on any atom is -0.465 e. The van der Waals surface area contributed by atoms with Crippen LogP contribution in [0.1, 0.15) is 30.4 Å². The molecule has 0 saturated heterocycles. The standard InChI is InChI=1S/C20H20N2O3/c1-2-25-20(23)18(14-21)17(15-9-5-3-6-10-15)13-19(22-24)16-11-7-4-8-12-16/h3-12,17-18,24H,2,13H2,1H3/b22-19+. The predicted molar refractivity (Wildman–Crippen MR) is 94.3 cm³/mol. The van der Waals surface area contributed by atoms with Gasteiger partial charge in [-0.2, -0.15) is 5.26 Å². The first kappa shape index (κ1) is 18.2. The highest BCUT2D eigenvalue weighted by Crippen LogP contribution is 2.30. The molecular weight excluding hydrogens is 316 g/mol. The number of carbonyl (C=O) groups excluding carboxylic acids is 1. The molecule has 2 unspecified atom stereocenters. The van der Waals surface area contributed by atoms with Crippen LogP contribution in [0, 0.1) is 17.2 Å². The number of ether oxygens (including phenoxy) is 1. The lowest BCUT2D eigenvalue weighted by Gasteiger charge is -2.21. The van der Waals surface area contributed by atoms with Crippen LogP contribution in [0.4, 0.5) is 0 Å². The number of nitriles is 1. The van der Waals surface area contributed by atoms with Gasteiger partial charge in [0.15, 0.2) is 5.92 Å². The van der Waals surface area contributed by atoms with E-state index in [0.29, 0.717) is 5.71 Å². The summed E-state index contributed by atoms with van der Waals surface area (Å²) >= 11 is 0. The number of hydrogen-bond donors (Lipinski definition) is 1. The number of oxime groups is 1. The summed E-state index contributed by atoms with van der Waals surface area (Å²) in [5, 5.41) is 22.4. The molecule has 0 radical (unpaired) electrons. The highest BCUT2D eigenvalue weighted by atomic mass is 16.5. The number of benzene rings is 2. The first-order chi connectivity index (χ1) is 12.2. The lowest BCUT2D eigenvalue weighted by Crippen LogP contribution is -2.25. The zero-order valence-electron chi connectivity index (χ0n) is 14.0. The largest absolute Gasteiger partial charge is 0.465 e. The predicted octanol–water partition coefficient (Wildman–Crippen LogP) is 3.74. The minimum atomic E-state index is -0.984. The van der Waals surface area contributed by atoms with Crippen LogP contribution in [0.25, 0.3) is 0 Å². The zero-order chi connectivity index (χ0) is 18.1. The van der Waals surface area contributed by atoms with Crippen LogP contribution in [0.15, 0.2) is 65.8 Å². The third-order valence-corrected chi connectivity index (χ3v) is 3.95. The van der Waals surface area contributed by atoms with E-state index in [1.165, 1.54) is 0 Å². The normalized spacial score (nSPS) is 13.5. The monoisotopic (exact) mass is 336 g/mol. The van der Waals surface area contributed by atoms with Crippen molar-refractivity contribution < 1.29 is 14.7 Å². The SMILES string of the molecule is CCOC(=O)C(C#N)C(C/C(=N\O)c1ccccc1)c1ccccc1. The summed E-state index contributed by atoms with van der Waals surface area (Å²) in [4.78, 5) is 12.2. The van der Waals surface area contributed by atoms with Gasteiger partial charge in [0.25, 0.3) is 0 Å². The van der Waals surface area contributed by atoms with Gasteiger partial charge in [0.05, 0.1) is 18.4 Å². The average Bonchev–Trinajstić information content (AvgIpc) is 2.66. The Hall–Kier alpha value is -3.13. The van der Waals surface area contributed by atoms with E-state index < -0.39 is 17.8 Å². The van der Waals surface area contributed by atoms with E-state index >= 15 is 0 Å². The minimum absolute atomic E-state index is 0.207. The van der Waals surface area contributed by atoms with E-state index in [2.05, 4.69) is 11.2 Å². The van der Waals surface area contributed by atoms with Gasteiger partial charge in [0.1, 0.15) is 0 Å². The lowest BCUT2D eigenvalue weighted by molar-refractivity contribution is -0.146. The van der Waals surface area contributed by atoms with Crippen molar-refractivity contribution in [3.05, 3.63) is 71.8 Å². The molecule has 1 N–H and O–H groups in total. The molecule has 2 aromatic carbocycles. The molecule has 0 aliphatic heterocycles. The molecule has 0 aliphatic rings. The van der Waals surface area contributed by atoms with E-state index in [0.717, 1.165) is 11.1 Å². The number of hydrogen-bond acceptors (Lipinski definition) is 5. The number of nitrogens with zero attached hydrogens (tertiary/aromatic N) is 2. The maximum Gasteiger partial charge on any atom is 0.323 e. The van der Waals surface area contributed by atoms with Crippen molar-refractivity contribution >= 4 is 11.7 Å². The molecule has 0 spiro atoms. The maximum atomic E-state index is 12.2. The second-order valence-corrected chi connectivity index (χ2v) is 5.49. The zero-order valence-corrected chi connectivity index (χ0v) is 14.0. The van der Waals surface area contributed by atoms with Gasteiger partial charge >= 0.3 is 5.97 Å². The van der Waals surface area contributed by atoms with Crippen LogP contribution < -0.4 is 0 Å². The molecule has 2 aromatic rings. The van der Waals surface area contributed by atoms with Crippen LogP contribution in [0.5, 0.6) is 0 Å². The Morgan fingerprint density at radius 2 is 1.76 bits per heavy atom. The lowest BCUT2D eigenvalue weighted by atomic mass is 9.82. The summed E-state index contributed by atoms with van der Waals surface area (Å²) in [5.74, 6) is -2.02. The van der Waals surface area contributed by atoms with Crippen molar-refractivity contribution in [1.29, 1.82) is 5.26 Å². The average molecular weight is 336 g/mol. The molecule has 5 nitrogen and oxygen atoms in total. The van der Waals surface area contributed by atoms with Gasteiger partial charge in [0.2, 0.25) is 0 Å². The second kappa shape index (κ2) is 9.24. The molecule has 0 saturated carbocycles. The highest BCUT2D eigenvalue weighted by molar-refractivity contribution is 6.01. The topological polar surface area (TPSA) is 82.7 Å². The van der Waals surface area contributed by atoms with Gasteiger partial charge in [-0.1, -0.05) is 65.8 Å². The summed E-state index contributed by atoms with van der Waals surface area (Å²) in [6.07, 6.45) is 0.238. The molecular formula is C20H20N2O3. The fourth-order valence-corrected chi connectivity index (χ4v) is 2.72. The fraction of sp³-hybridized carbons (Fsp3) is 0.250. The summed E-state index contributed by atoms with van der Waals surface area (Å²) in [7, 11) is 0. The molecule has 2 atom stereocenters. The first-order valence-corrected chi connectivity index (χ1v) is 8.08. The Bertz CT molecular complexity index is 752. The Labute approximate surface area is 147 Å². The van der Waals surface area contributed by atoms with Gasteiger partial charge in [-0.15, -0.1) is 0 Å². The molecule has 0 aliphatic carbocycles. The number of rotatable bonds is 7. The van der Waals surface area contributed by atoms with E-state index in [-0.39, 0.29) is 13.0 Å². The maximum absolute atomic E-state index is 12.2. The molecule has 0 amide bonds. The van der Waals surface area contributed by atoms with Crippen molar-refractivity contribution in [2.24, 2.45) is 11.1 Å². The summed E-state index contributed by atoms with van der Waals surface area (Å²) in [5.41, 5.74) is 1.98. The van der Waals surface area contributed by atoms with Crippen LogP contribution in [0.3, 0.4) is 0 Å². The van der Waals surface area contributed by atoms with Gasteiger partial charge < -0.3 is 9.94 Å². The van der Waals surface area contributed by atoms with E-state index in [4.69, 9.17) is 4.74 Å². The van der Waals surface area contributed by atoms with Crippen LogP contribution in [-0.2, 0) is 9.53 Å². The van der Waals surface area contributed by atoms with Crippen LogP contribution in [-0.4, -0.2) is 23.5 Å². The number of carbonyl (C=O) groups is 1. The van der Waals surface area contributed by atoms with Gasteiger partial charge in [-0.25, -0.2) is 0 Å². The van der Waals surface area contributed by atoms with Crippen molar-refractivity contribution in [3.8, 4) is 6.07 Å². The molecule has 128 valence electrons. The van der Waals surface area contributed by atoms with E-state index in [9.17, 15) is 15.3 Å². The molecule has 0 aromatic heterocycles. The Morgan fingerprint density at radius 1 is 1.16 bits per heavy atom. The van der Waals surface area contributed by atoms with Crippen molar-refractivity contribution in [2.75, 3.05) is 6.61 Å². The second-order valence-electron chi connectivity index (χ2n) is 5.49. The van der Waals surface area contributed by atoms with Crippen molar-refractivity contribution in [3.63, 3.8) is 0 Å². The van der Waals surface area contributed by atoms with Crippen LogP contribution in [0.2, 0.25) is 0 Å². The smallest absolute Gasteiger partial charge is 0.323 e. The summed E-state index contributed by atoms with van der Waals surface area (Å²) in [6.45, 7) is 1.91. The Kier molecular flexibility index (Phi) is 6.73. The fourth-order valence-electron chi connectivity index (χ4n) is 2.72. The molecule has 0 bridgehead atoms. The third-order valence-electron chi connectivity index (χ3n) is 3.95. The van der Waals surface area contributed by atoms with E-state index in [1.807, 2.05) is 60.7 Å². The quantitative estimate of drug-likeness (QED) is 0.361. The number of esters is 1. The summed E-state index contributed by atoms with van der Waals surface area (Å²) < 4.78 is 5.05. The van der Waals surface area contributed by atoms with Crippen molar-refractivity contribution in [2.45, 2.75) is 19.3 Å². The summed E-state index contributed by atoms with van der Waals surface area (Å²) in [6, 6.07) is 20.5. The molecule has 2 rings (SSSR count). The molecule has 0 fully saturated rings. The Balaban J connectivity index is 2.38. The molecule has 25 heavy (non-hydrogen) atoms. The van der Waals surface area contributed by atoms with Crippen molar-refractivity contribution in [1.82, 2.24) is 0 Å².